The first kappa shape index (κ1) is 19.1. The van der Waals surface area contributed by atoms with E-state index < -0.39 is 0 Å². The molecule has 4 aromatic rings. The van der Waals surface area contributed by atoms with Gasteiger partial charge in [-0.25, -0.2) is 4.68 Å². The van der Waals surface area contributed by atoms with Crippen LogP contribution in [0.4, 0.5) is 5.69 Å². The SMILES string of the molecule is CCC(=O)c1ccn(-c2ccc(C(=O)N3Cc4cccn4Cc4ccccc43)cc2)n1. The highest BCUT2D eigenvalue weighted by Gasteiger charge is 2.24. The molecule has 0 radical (unpaired) electrons. The van der Waals surface area contributed by atoms with Crippen LogP contribution in [0.5, 0.6) is 0 Å². The standard InChI is InChI=1S/C25H22N4O2/c1-2-24(30)22-13-15-29(26-22)20-11-9-18(10-12-20)25(31)28-17-21-7-5-14-27(21)16-19-6-3-4-8-23(19)28/h3-15H,2,16-17H2,1H3. The molecule has 1 aliphatic heterocycles. The van der Waals surface area contributed by atoms with Gasteiger partial charge in [-0.05, 0) is 54.1 Å². The molecule has 2 aromatic carbocycles. The Kier molecular flexibility index (Phi) is 4.75. The smallest absolute Gasteiger partial charge is 0.258 e. The Morgan fingerprint density at radius 1 is 0.903 bits per heavy atom. The quantitative estimate of drug-likeness (QED) is 0.466. The van der Waals surface area contributed by atoms with E-state index >= 15 is 0 Å². The molecule has 0 unspecified atom stereocenters. The Balaban J connectivity index is 1.45. The Labute approximate surface area is 180 Å². The van der Waals surface area contributed by atoms with Crippen LogP contribution in [0, 0.1) is 0 Å². The molecule has 2 aromatic heterocycles. The average molecular weight is 410 g/mol. The summed E-state index contributed by atoms with van der Waals surface area (Å²) in [6, 6.07) is 21.2. The highest BCUT2D eigenvalue weighted by molar-refractivity contribution is 6.06. The topological polar surface area (TPSA) is 60.1 Å². The summed E-state index contributed by atoms with van der Waals surface area (Å²) in [5, 5.41) is 4.35. The fraction of sp³-hybridized carbons (Fsp3) is 0.160. The van der Waals surface area contributed by atoms with Crippen molar-refractivity contribution in [1.82, 2.24) is 14.3 Å². The molecule has 0 aliphatic carbocycles. The zero-order valence-electron chi connectivity index (χ0n) is 17.2. The van der Waals surface area contributed by atoms with E-state index in [0.29, 0.717) is 24.2 Å². The molecule has 31 heavy (non-hydrogen) atoms. The number of rotatable bonds is 4. The lowest BCUT2D eigenvalue weighted by Gasteiger charge is -2.23. The molecule has 5 rings (SSSR count). The number of fused-ring (bicyclic) bond motifs is 2. The van der Waals surface area contributed by atoms with Gasteiger partial charge in [0, 0.05) is 42.3 Å². The summed E-state index contributed by atoms with van der Waals surface area (Å²) in [5.41, 5.74) is 5.02. The van der Waals surface area contributed by atoms with E-state index in [4.69, 9.17) is 0 Å². The van der Waals surface area contributed by atoms with Crippen molar-refractivity contribution in [1.29, 1.82) is 0 Å². The number of hydrogen-bond donors (Lipinski definition) is 0. The molecule has 0 atom stereocenters. The van der Waals surface area contributed by atoms with E-state index in [0.717, 1.165) is 29.2 Å². The van der Waals surface area contributed by atoms with Gasteiger partial charge in [-0.15, -0.1) is 0 Å². The minimum absolute atomic E-state index is 0.00938. The second-order valence-electron chi connectivity index (χ2n) is 7.62. The fourth-order valence-corrected chi connectivity index (χ4v) is 3.98. The van der Waals surface area contributed by atoms with Crippen LogP contribution in [0.15, 0.2) is 79.1 Å². The first-order valence-electron chi connectivity index (χ1n) is 10.4. The van der Waals surface area contributed by atoms with Crippen LogP contribution in [0.3, 0.4) is 0 Å². The predicted octanol–water partition coefficient (Wildman–Crippen LogP) is 4.48. The monoisotopic (exact) mass is 410 g/mol. The highest BCUT2D eigenvalue weighted by Crippen LogP contribution is 2.29. The largest absolute Gasteiger partial charge is 0.345 e. The molecule has 3 heterocycles. The van der Waals surface area contributed by atoms with Gasteiger partial charge in [0.05, 0.1) is 12.2 Å². The summed E-state index contributed by atoms with van der Waals surface area (Å²) in [4.78, 5) is 27.2. The first-order chi connectivity index (χ1) is 15.1. The van der Waals surface area contributed by atoms with Gasteiger partial charge in [0.1, 0.15) is 5.69 Å². The maximum atomic E-state index is 13.5. The molecule has 6 heteroatoms. The minimum Gasteiger partial charge on any atom is -0.345 e. The minimum atomic E-state index is -0.0454. The molecular formula is C25H22N4O2. The Bertz CT molecular complexity index is 1270. The lowest BCUT2D eigenvalue weighted by molar-refractivity contribution is 0.0976. The highest BCUT2D eigenvalue weighted by atomic mass is 16.2. The average Bonchev–Trinajstić information content (AvgIpc) is 3.44. The Hall–Kier alpha value is -3.93. The van der Waals surface area contributed by atoms with Crippen molar-refractivity contribution in [3.05, 3.63) is 102 Å². The van der Waals surface area contributed by atoms with Crippen LogP contribution in [0.1, 0.15) is 45.4 Å². The van der Waals surface area contributed by atoms with Gasteiger partial charge in [0.2, 0.25) is 0 Å². The second-order valence-corrected chi connectivity index (χ2v) is 7.62. The van der Waals surface area contributed by atoms with Gasteiger partial charge in [-0.1, -0.05) is 25.1 Å². The third-order valence-electron chi connectivity index (χ3n) is 5.69. The molecular weight excluding hydrogens is 388 g/mol. The summed E-state index contributed by atoms with van der Waals surface area (Å²) in [6.45, 7) is 3.09. The molecule has 0 saturated heterocycles. The number of benzene rings is 2. The lowest BCUT2D eigenvalue weighted by atomic mass is 10.1. The number of ketones is 1. The zero-order valence-corrected chi connectivity index (χ0v) is 17.2. The molecule has 1 aliphatic rings. The molecule has 0 bridgehead atoms. The van der Waals surface area contributed by atoms with Gasteiger partial charge >= 0.3 is 0 Å². The van der Waals surface area contributed by atoms with Gasteiger partial charge in [0.25, 0.3) is 5.91 Å². The van der Waals surface area contributed by atoms with Gasteiger partial charge < -0.3 is 9.47 Å². The predicted molar refractivity (Wildman–Crippen MR) is 119 cm³/mol. The Morgan fingerprint density at radius 3 is 2.52 bits per heavy atom. The van der Waals surface area contributed by atoms with Gasteiger partial charge in [0.15, 0.2) is 5.78 Å². The van der Waals surface area contributed by atoms with Crippen molar-refractivity contribution in [2.45, 2.75) is 26.4 Å². The van der Waals surface area contributed by atoms with Crippen molar-refractivity contribution >= 4 is 17.4 Å². The number of aromatic nitrogens is 3. The molecule has 0 saturated carbocycles. The molecule has 0 fully saturated rings. The van der Waals surface area contributed by atoms with E-state index in [2.05, 4.69) is 28.0 Å². The number of nitrogens with zero attached hydrogens (tertiary/aromatic N) is 4. The normalized spacial score (nSPS) is 12.7. The number of carbonyl (C=O) groups is 2. The number of hydrogen-bond acceptors (Lipinski definition) is 3. The summed E-state index contributed by atoms with van der Waals surface area (Å²) in [5.74, 6) is -0.0360. The van der Waals surface area contributed by atoms with Crippen molar-refractivity contribution in [2.24, 2.45) is 0 Å². The van der Waals surface area contributed by atoms with Crippen LogP contribution in [-0.4, -0.2) is 26.0 Å². The van der Waals surface area contributed by atoms with Crippen molar-refractivity contribution in [2.75, 3.05) is 4.90 Å². The van der Waals surface area contributed by atoms with Crippen LogP contribution >= 0.6 is 0 Å². The van der Waals surface area contributed by atoms with Crippen molar-refractivity contribution in [3.63, 3.8) is 0 Å². The van der Waals surface area contributed by atoms with E-state index in [1.807, 2.05) is 60.4 Å². The van der Waals surface area contributed by atoms with E-state index in [-0.39, 0.29) is 11.7 Å². The van der Waals surface area contributed by atoms with Crippen LogP contribution in [0.2, 0.25) is 0 Å². The third kappa shape index (κ3) is 3.46. The van der Waals surface area contributed by atoms with E-state index in [9.17, 15) is 9.59 Å². The lowest BCUT2D eigenvalue weighted by Crippen LogP contribution is -2.30. The summed E-state index contributed by atoms with van der Waals surface area (Å²) in [7, 11) is 0. The molecule has 1 amide bonds. The second kappa shape index (κ2) is 7.72. The van der Waals surface area contributed by atoms with E-state index in [1.165, 1.54) is 0 Å². The van der Waals surface area contributed by atoms with Crippen molar-refractivity contribution < 1.29 is 9.59 Å². The van der Waals surface area contributed by atoms with E-state index in [1.54, 1.807) is 16.9 Å². The number of para-hydroxylation sites is 1. The van der Waals surface area contributed by atoms with Crippen LogP contribution in [0.25, 0.3) is 5.69 Å². The molecule has 6 nitrogen and oxygen atoms in total. The summed E-state index contributed by atoms with van der Waals surface area (Å²) in [6.07, 6.45) is 4.24. The maximum Gasteiger partial charge on any atom is 0.258 e. The van der Waals surface area contributed by atoms with Gasteiger partial charge in [-0.3, -0.25) is 9.59 Å². The number of anilines is 1. The van der Waals surface area contributed by atoms with Crippen LogP contribution < -0.4 is 4.90 Å². The third-order valence-corrected chi connectivity index (χ3v) is 5.69. The fourth-order valence-electron chi connectivity index (χ4n) is 3.98. The number of Topliss-reactive ketones (excluding diaryl/α,β-unsaturated/α-hetero) is 1. The number of carbonyl (C=O) groups excluding carboxylic acids is 2. The van der Waals surface area contributed by atoms with Crippen LogP contribution in [-0.2, 0) is 13.1 Å². The molecule has 0 N–H and O–H groups in total. The summed E-state index contributed by atoms with van der Waals surface area (Å²) < 4.78 is 3.84. The Morgan fingerprint density at radius 2 is 1.71 bits per heavy atom. The molecule has 0 spiro atoms. The maximum absolute atomic E-state index is 13.5. The molecule has 154 valence electrons. The zero-order chi connectivity index (χ0) is 21.4. The number of amides is 1. The van der Waals surface area contributed by atoms with Crippen molar-refractivity contribution in [3.8, 4) is 5.69 Å². The first-order valence-corrected chi connectivity index (χ1v) is 10.4. The summed E-state index contributed by atoms with van der Waals surface area (Å²) >= 11 is 0. The van der Waals surface area contributed by atoms with Gasteiger partial charge in [-0.2, -0.15) is 5.10 Å².